The zero-order chi connectivity index (χ0) is 24.6. The number of thiophene rings is 1. The number of aliphatic carboxylic acids is 1. The van der Waals surface area contributed by atoms with Gasteiger partial charge in [-0.25, -0.2) is 0 Å². The van der Waals surface area contributed by atoms with Crippen molar-refractivity contribution < 1.29 is 24.2 Å². The van der Waals surface area contributed by atoms with E-state index in [0.29, 0.717) is 35.2 Å². The Kier molecular flexibility index (Phi) is 8.57. The summed E-state index contributed by atoms with van der Waals surface area (Å²) in [5.41, 5.74) is 1.93. The van der Waals surface area contributed by atoms with Crippen molar-refractivity contribution in [2.45, 2.75) is 19.4 Å². The largest absolute Gasteiger partial charge is 0.494 e. The summed E-state index contributed by atoms with van der Waals surface area (Å²) in [6.45, 7) is 0.481. The van der Waals surface area contributed by atoms with Crippen molar-refractivity contribution in [3.8, 4) is 11.5 Å². The van der Waals surface area contributed by atoms with E-state index in [1.165, 1.54) is 5.56 Å². The number of carbonyl (C=O) groups excluding carboxylic acids is 1. The van der Waals surface area contributed by atoms with Crippen LogP contribution in [0.3, 0.4) is 0 Å². The predicted octanol–water partition coefficient (Wildman–Crippen LogP) is 5.62. The van der Waals surface area contributed by atoms with Gasteiger partial charge in [0.2, 0.25) is 0 Å². The minimum absolute atomic E-state index is 0.220. The second-order valence-electron chi connectivity index (χ2n) is 7.67. The maximum atomic E-state index is 12.8. The highest BCUT2D eigenvalue weighted by atomic mass is 32.2. The molecule has 4 rings (SSSR count). The topological polar surface area (TPSA) is 76.1 Å². The second kappa shape index (κ2) is 12.0. The molecule has 2 heterocycles. The van der Waals surface area contributed by atoms with Crippen molar-refractivity contribution in [3.05, 3.63) is 87.0 Å². The van der Waals surface area contributed by atoms with Gasteiger partial charge in [0, 0.05) is 10.4 Å². The van der Waals surface area contributed by atoms with Gasteiger partial charge in [0.05, 0.1) is 11.5 Å². The molecular weight excluding hydrogens is 502 g/mol. The van der Waals surface area contributed by atoms with Crippen LogP contribution < -0.4 is 9.47 Å². The maximum Gasteiger partial charge on any atom is 0.323 e. The van der Waals surface area contributed by atoms with Gasteiger partial charge in [-0.3, -0.25) is 14.5 Å². The first-order valence-corrected chi connectivity index (χ1v) is 13.0. The zero-order valence-electron chi connectivity index (χ0n) is 18.7. The lowest BCUT2D eigenvalue weighted by atomic mass is 10.1. The van der Waals surface area contributed by atoms with Crippen molar-refractivity contribution in [3.63, 3.8) is 0 Å². The Balaban J connectivity index is 1.50. The average Bonchev–Trinajstić information content (AvgIpc) is 3.46. The molecule has 180 valence electrons. The Labute approximate surface area is 217 Å². The molecule has 0 radical (unpaired) electrons. The second-order valence-corrected chi connectivity index (χ2v) is 10.4. The van der Waals surface area contributed by atoms with E-state index in [1.807, 2.05) is 53.9 Å². The Morgan fingerprint density at radius 2 is 1.91 bits per heavy atom. The molecule has 0 bridgehead atoms. The summed E-state index contributed by atoms with van der Waals surface area (Å²) in [5.74, 6) is -0.290. The predicted molar refractivity (Wildman–Crippen MR) is 143 cm³/mol. The smallest absolute Gasteiger partial charge is 0.323 e. The van der Waals surface area contributed by atoms with Crippen LogP contribution in [0.15, 0.2) is 70.9 Å². The van der Waals surface area contributed by atoms with Gasteiger partial charge in [-0.2, -0.15) is 0 Å². The number of thioether (sulfide) groups is 1. The number of nitrogens with zero attached hydrogens (tertiary/aromatic N) is 1. The molecule has 1 aliphatic heterocycles. The van der Waals surface area contributed by atoms with E-state index < -0.39 is 18.4 Å². The van der Waals surface area contributed by atoms with Crippen molar-refractivity contribution in [2.75, 3.05) is 13.2 Å². The molecule has 35 heavy (non-hydrogen) atoms. The number of rotatable bonds is 11. The first-order valence-electron chi connectivity index (χ1n) is 10.9. The number of thiocarbonyl (C=S) groups is 1. The summed E-state index contributed by atoms with van der Waals surface area (Å²) in [7, 11) is 0. The van der Waals surface area contributed by atoms with Crippen LogP contribution in [0.4, 0.5) is 0 Å². The van der Waals surface area contributed by atoms with E-state index in [-0.39, 0.29) is 4.32 Å². The molecule has 0 aliphatic carbocycles. The van der Waals surface area contributed by atoms with Crippen LogP contribution >= 0.6 is 35.3 Å². The standard InChI is InChI=1S/C26H23NO5S3/c28-24(29)16-27-25(30)23(35-26(27)33)15-19-14-20(31-12-4-8-18-6-2-1-3-7-18)10-11-22(19)32-17-21-9-5-13-34-21/h1-3,5-7,9-11,13-15H,4,8,12,16-17H2,(H,28,29)/b23-15+. The molecule has 1 saturated heterocycles. The molecule has 2 aromatic carbocycles. The van der Waals surface area contributed by atoms with Crippen LogP contribution in [0.1, 0.15) is 22.4 Å². The minimum atomic E-state index is -1.12. The van der Waals surface area contributed by atoms with Crippen LogP contribution in [0, 0.1) is 0 Å². The first-order chi connectivity index (χ1) is 17.0. The Hall–Kier alpha value is -3.14. The lowest BCUT2D eigenvalue weighted by Crippen LogP contribution is -2.33. The fourth-order valence-electron chi connectivity index (χ4n) is 3.43. The first kappa shape index (κ1) is 25.0. The highest BCUT2D eigenvalue weighted by Crippen LogP contribution is 2.35. The van der Waals surface area contributed by atoms with Gasteiger partial charge in [-0.1, -0.05) is 60.4 Å². The number of amides is 1. The van der Waals surface area contributed by atoms with Gasteiger partial charge in [0.1, 0.15) is 29.0 Å². The van der Waals surface area contributed by atoms with Crippen LogP contribution in [-0.4, -0.2) is 39.4 Å². The summed E-state index contributed by atoms with van der Waals surface area (Å²) < 4.78 is 12.2. The molecule has 0 spiro atoms. The van der Waals surface area contributed by atoms with Crippen LogP contribution in [0.25, 0.3) is 6.08 Å². The molecule has 0 saturated carbocycles. The number of carbonyl (C=O) groups is 2. The highest BCUT2D eigenvalue weighted by Gasteiger charge is 2.33. The molecule has 3 aromatic rings. The SMILES string of the molecule is O=C(O)CN1C(=O)/C(=C\c2cc(OCCCc3ccccc3)ccc2OCc2cccs2)SC1=S. The molecule has 9 heteroatoms. The number of carboxylic acids is 1. The molecule has 1 aromatic heterocycles. The third kappa shape index (κ3) is 6.94. The molecule has 0 unspecified atom stereocenters. The van der Waals surface area contributed by atoms with Gasteiger partial charge in [0.15, 0.2) is 0 Å². The van der Waals surface area contributed by atoms with Gasteiger partial charge < -0.3 is 14.6 Å². The van der Waals surface area contributed by atoms with Gasteiger partial charge in [-0.15, -0.1) is 11.3 Å². The number of hydrogen-bond donors (Lipinski definition) is 1. The van der Waals surface area contributed by atoms with Crippen LogP contribution in [-0.2, 0) is 22.6 Å². The summed E-state index contributed by atoms with van der Waals surface area (Å²) >= 11 is 7.89. The van der Waals surface area contributed by atoms with Crippen molar-refractivity contribution >= 4 is 57.6 Å². The monoisotopic (exact) mass is 525 g/mol. The maximum absolute atomic E-state index is 12.8. The normalized spacial score (nSPS) is 14.5. The number of carboxylic acid groups (broad SMARTS) is 1. The van der Waals surface area contributed by atoms with Gasteiger partial charge in [-0.05, 0) is 54.1 Å². The van der Waals surface area contributed by atoms with Crippen LogP contribution in [0.5, 0.6) is 11.5 Å². The molecule has 1 N–H and O–H groups in total. The Morgan fingerprint density at radius 3 is 2.66 bits per heavy atom. The molecule has 0 atom stereocenters. The summed E-state index contributed by atoms with van der Waals surface area (Å²) in [6.07, 6.45) is 3.47. The number of aryl methyl sites for hydroxylation is 1. The van der Waals surface area contributed by atoms with E-state index in [9.17, 15) is 9.59 Å². The van der Waals surface area contributed by atoms with Crippen molar-refractivity contribution in [2.24, 2.45) is 0 Å². The third-order valence-corrected chi connectivity index (χ3v) is 7.33. The molecule has 1 fully saturated rings. The minimum Gasteiger partial charge on any atom is -0.494 e. The summed E-state index contributed by atoms with van der Waals surface area (Å²) in [5, 5.41) is 11.1. The number of ether oxygens (including phenoxy) is 2. The molecule has 1 amide bonds. The van der Waals surface area contributed by atoms with Crippen molar-refractivity contribution in [1.82, 2.24) is 4.90 Å². The third-order valence-electron chi connectivity index (χ3n) is 5.11. The zero-order valence-corrected chi connectivity index (χ0v) is 21.2. The van der Waals surface area contributed by atoms with E-state index in [1.54, 1.807) is 17.4 Å². The van der Waals surface area contributed by atoms with E-state index in [4.69, 9.17) is 26.8 Å². The molecule has 6 nitrogen and oxygen atoms in total. The fraction of sp³-hybridized carbons (Fsp3) is 0.192. The average molecular weight is 526 g/mol. The summed E-state index contributed by atoms with van der Waals surface area (Å²) in [4.78, 5) is 26.4. The fourth-order valence-corrected chi connectivity index (χ4v) is 5.29. The molecule has 1 aliphatic rings. The van der Waals surface area contributed by atoms with E-state index in [0.717, 1.165) is 34.4 Å². The quantitative estimate of drug-likeness (QED) is 0.198. The number of benzene rings is 2. The lowest BCUT2D eigenvalue weighted by Gasteiger charge is -2.13. The van der Waals surface area contributed by atoms with Crippen LogP contribution in [0.2, 0.25) is 0 Å². The van der Waals surface area contributed by atoms with E-state index >= 15 is 0 Å². The number of hydrogen-bond acceptors (Lipinski definition) is 7. The van der Waals surface area contributed by atoms with Gasteiger partial charge in [0.25, 0.3) is 5.91 Å². The van der Waals surface area contributed by atoms with Crippen molar-refractivity contribution in [1.29, 1.82) is 0 Å². The van der Waals surface area contributed by atoms with E-state index in [2.05, 4.69) is 12.1 Å². The highest BCUT2D eigenvalue weighted by molar-refractivity contribution is 8.26. The molecular formula is C26H23NO5S3. The Bertz CT molecular complexity index is 1230. The summed E-state index contributed by atoms with van der Waals surface area (Å²) in [6, 6.07) is 19.7. The Morgan fingerprint density at radius 1 is 1.09 bits per heavy atom. The lowest BCUT2D eigenvalue weighted by molar-refractivity contribution is -0.140. The van der Waals surface area contributed by atoms with Gasteiger partial charge >= 0.3 is 5.97 Å².